The fourth-order valence-electron chi connectivity index (χ4n) is 2.54. The number of aliphatic carboxylic acids is 1. The number of nitrogens with two attached hydrogens (primary N) is 1. The standard InChI is InChI=1S/C13H26N2O3/c1-3-13(14,12(16)17)6-4-7-15-8-5-11(9-15)10-18-2/h11H,3-10,14H2,1-2H3,(H,16,17). The number of methoxy groups -OCH3 is 1. The molecular formula is C13H26N2O3. The molecule has 0 saturated carbocycles. The summed E-state index contributed by atoms with van der Waals surface area (Å²) in [6, 6.07) is 0. The lowest BCUT2D eigenvalue weighted by molar-refractivity contribution is -0.143. The van der Waals surface area contributed by atoms with Crippen LogP contribution in [0, 0.1) is 5.92 Å². The summed E-state index contributed by atoms with van der Waals surface area (Å²) in [5.41, 5.74) is 4.81. The third-order valence-electron chi connectivity index (χ3n) is 3.93. The van der Waals surface area contributed by atoms with E-state index in [4.69, 9.17) is 15.6 Å². The minimum atomic E-state index is -1.05. The molecular weight excluding hydrogens is 232 g/mol. The molecule has 0 radical (unpaired) electrons. The summed E-state index contributed by atoms with van der Waals surface area (Å²) in [6.45, 7) is 5.74. The molecule has 1 rings (SSSR count). The molecule has 1 heterocycles. The second kappa shape index (κ2) is 7.07. The van der Waals surface area contributed by atoms with Gasteiger partial charge < -0.3 is 20.5 Å². The highest BCUT2D eigenvalue weighted by Gasteiger charge is 2.31. The Labute approximate surface area is 109 Å². The number of hydrogen-bond acceptors (Lipinski definition) is 4. The fraction of sp³-hybridized carbons (Fsp3) is 0.923. The summed E-state index contributed by atoms with van der Waals surface area (Å²) in [6.07, 6.45) is 3.05. The Balaban J connectivity index is 2.24. The minimum Gasteiger partial charge on any atom is -0.480 e. The van der Waals surface area contributed by atoms with Gasteiger partial charge in [0.2, 0.25) is 0 Å². The van der Waals surface area contributed by atoms with Crippen LogP contribution in [0.4, 0.5) is 0 Å². The number of likely N-dealkylation sites (tertiary alicyclic amines) is 1. The van der Waals surface area contributed by atoms with Crippen LogP contribution in [-0.4, -0.2) is 54.9 Å². The molecule has 5 nitrogen and oxygen atoms in total. The summed E-state index contributed by atoms with van der Waals surface area (Å²) >= 11 is 0. The van der Waals surface area contributed by atoms with Gasteiger partial charge in [0.1, 0.15) is 5.54 Å². The first-order chi connectivity index (χ1) is 8.51. The molecule has 1 saturated heterocycles. The van der Waals surface area contributed by atoms with Crippen molar-refractivity contribution in [2.24, 2.45) is 11.7 Å². The van der Waals surface area contributed by atoms with Crippen LogP contribution in [0.3, 0.4) is 0 Å². The van der Waals surface area contributed by atoms with Gasteiger partial charge in [0.05, 0.1) is 6.61 Å². The molecule has 0 aromatic carbocycles. The highest BCUT2D eigenvalue weighted by molar-refractivity contribution is 5.78. The number of nitrogens with zero attached hydrogens (tertiary/aromatic N) is 1. The molecule has 106 valence electrons. The van der Waals surface area contributed by atoms with E-state index in [0.29, 0.717) is 18.8 Å². The van der Waals surface area contributed by atoms with Crippen molar-refractivity contribution >= 4 is 5.97 Å². The molecule has 0 spiro atoms. The molecule has 5 heteroatoms. The second-order valence-electron chi connectivity index (χ2n) is 5.33. The molecule has 2 unspecified atom stereocenters. The van der Waals surface area contributed by atoms with Gasteiger partial charge >= 0.3 is 5.97 Å². The quantitative estimate of drug-likeness (QED) is 0.677. The lowest BCUT2D eigenvalue weighted by atomic mass is 9.92. The Kier molecular flexibility index (Phi) is 6.05. The predicted molar refractivity (Wildman–Crippen MR) is 70.5 cm³/mol. The molecule has 0 aliphatic carbocycles. The van der Waals surface area contributed by atoms with E-state index in [9.17, 15) is 4.79 Å². The normalized spacial score (nSPS) is 24.1. The van der Waals surface area contributed by atoms with E-state index >= 15 is 0 Å². The van der Waals surface area contributed by atoms with Gasteiger partial charge in [-0.2, -0.15) is 0 Å². The topological polar surface area (TPSA) is 75.8 Å². The van der Waals surface area contributed by atoms with Gasteiger partial charge in [-0.25, -0.2) is 0 Å². The molecule has 3 N–H and O–H groups in total. The summed E-state index contributed by atoms with van der Waals surface area (Å²) in [7, 11) is 1.74. The summed E-state index contributed by atoms with van der Waals surface area (Å²) in [4.78, 5) is 13.4. The van der Waals surface area contributed by atoms with Crippen LogP contribution in [0.2, 0.25) is 0 Å². The molecule has 0 bridgehead atoms. The maximum Gasteiger partial charge on any atom is 0.323 e. The van der Waals surface area contributed by atoms with Crippen molar-refractivity contribution in [3.05, 3.63) is 0 Å². The van der Waals surface area contributed by atoms with Crippen LogP contribution < -0.4 is 5.73 Å². The maximum atomic E-state index is 11.1. The zero-order valence-corrected chi connectivity index (χ0v) is 11.5. The first-order valence-corrected chi connectivity index (χ1v) is 6.75. The van der Waals surface area contributed by atoms with Gasteiger partial charge in [0.15, 0.2) is 0 Å². The van der Waals surface area contributed by atoms with Gasteiger partial charge in [-0.3, -0.25) is 4.79 Å². The van der Waals surface area contributed by atoms with E-state index in [1.54, 1.807) is 7.11 Å². The van der Waals surface area contributed by atoms with Crippen LogP contribution in [0.5, 0.6) is 0 Å². The number of carbonyl (C=O) groups is 1. The van der Waals surface area contributed by atoms with Gasteiger partial charge in [-0.05, 0) is 44.7 Å². The van der Waals surface area contributed by atoms with Gasteiger partial charge in [-0.15, -0.1) is 0 Å². The van der Waals surface area contributed by atoms with Crippen LogP contribution in [0.1, 0.15) is 32.6 Å². The first kappa shape index (κ1) is 15.4. The molecule has 2 atom stereocenters. The Bertz CT molecular complexity index is 273. The number of carboxylic acids is 1. The van der Waals surface area contributed by atoms with Crippen LogP contribution in [0.15, 0.2) is 0 Å². The van der Waals surface area contributed by atoms with Crippen molar-refractivity contribution in [1.82, 2.24) is 4.90 Å². The van der Waals surface area contributed by atoms with Crippen LogP contribution in [-0.2, 0) is 9.53 Å². The average Bonchev–Trinajstić information content (AvgIpc) is 2.77. The van der Waals surface area contributed by atoms with Crippen molar-refractivity contribution in [3.63, 3.8) is 0 Å². The molecule has 1 aliphatic heterocycles. The molecule has 0 aromatic heterocycles. The minimum absolute atomic E-state index is 0.481. The maximum absolute atomic E-state index is 11.1. The third kappa shape index (κ3) is 4.23. The summed E-state index contributed by atoms with van der Waals surface area (Å²) in [5.74, 6) is -0.257. The fourth-order valence-corrected chi connectivity index (χ4v) is 2.54. The Hall–Kier alpha value is -0.650. The lowest BCUT2D eigenvalue weighted by Gasteiger charge is -2.24. The lowest BCUT2D eigenvalue weighted by Crippen LogP contribution is -2.47. The average molecular weight is 258 g/mol. The predicted octanol–water partition coefficient (Wildman–Crippen LogP) is 0.927. The monoisotopic (exact) mass is 258 g/mol. The summed E-state index contributed by atoms with van der Waals surface area (Å²) in [5, 5.41) is 9.08. The van der Waals surface area contributed by atoms with E-state index in [1.807, 2.05) is 6.92 Å². The SMILES string of the molecule is CCC(N)(CCCN1CCC(COC)C1)C(=O)O. The zero-order chi connectivity index (χ0) is 13.6. The van der Waals surface area contributed by atoms with Crippen molar-refractivity contribution in [1.29, 1.82) is 0 Å². The zero-order valence-electron chi connectivity index (χ0n) is 11.5. The van der Waals surface area contributed by atoms with E-state index in [2.05, 4.69) is 4.90 Å². The number of ether oxygens (including phenoxy) is 1. The van der Waals surface area contributed by atoms with Crippen molar-refractivity contribution in [2.45, 2.75) is 38.1 Å². The van der Waals surface area contributed by atoms with Crippen molar-refractivity contribution < 1.29 is 14.6 Å². The van der Waals surface area contributed by atoms with Crippen LogP contribution in [0.25, 0.3) is 0 Å². The van der Waals surface area contributed by atoms with Crippen molar-refractivity contribution in [2.75, 3.05) is 33.4 Å². The van der Waals surface area contributed by atoms with Gasteiger partial charge in [0, 0.05) is 13.7 Å². The highest BCUT2D eigenvalue weighted by Crippen LogP contribution is 2.19. The molecule has 1 fully saturated rings. The number of carboxylic acid groups (broad SMARTS) is 1. The van der Waals surface area contributed by atoms with Gasteiger partial charge in [-0.1, -0.05) is 6.92 Å². The Morgan fingerprint density at radius 2 is 2.33 bits per heavy atom. The number of hydrogen-bond donors (Lipinski definition) is 2. The Morgan fingerprint density at radius 1 is 1.61 bits per heavy atom. The molecule has 18 heavy (non-hydrogen) atoms. The highest BCUT2D eigenvalue weighted by atomic mass is 16.5. The van der Waals surface area contributed by atoms with Gasteiger partial charge in [0.25, 0.3) is 0 Å². The third-order valence-corrected chi connectivity index (χ3v) is 3.93. The largest absolute Gasteiger partial charge is 0.480 e. The molecule has 0 aromatic rings. The molecule has 1 aliphatic rings. The Morgan fingerprint density at radius 3 is 2.89 bits per heavy atom. The van der Waals surface area contributed by atoms with E-state index in [1.165, 1.54) is 6.42 Å². The van der Waals surface area contributed by atoms with E-state index < -0.39 is 11.5 Å². The first-order valence-electron chi connectivity index (χ1n) is 6.75. The van der Waals surface area contributed by atoms with Crippen molar-refractivity contribution in [3.8, 4) is 0 Å². The number of rotatable bonds is 8. The second-order valence-corrected chi connectivity index (χ2v) is 5.33. The van der Waals surface area contributed by atoms with E-state index in [-0.39, 0.29) is 0 Å². The molecule has 0 amide bonds. The van der Waals surface area contributed by atoms with E-state index in [0.717, 1.165) is 32.7 Å². The smallest absolute Gasteiger partial charge is 0.323 e. The van der Waals surface area contributed by atoms with Crippen LogP contribution >= 0.6 is 0 Å². The summed E-state index contributed by atoms with van der Waals surface area (Å²) < 4.78 is 5.16.